The first-order valence-electron chi connectivity index (χ1n) is 3.11. The molecule has 0 unspecified atom stereocenters. The predicted octanol–water partition coefficient (Wildman–Crippen LogP) is 3.13. The molecule has 1 aromatic heterocycles. The summed E-state index contributed by atoms with van der Waals surface area (Å²) < 4.78 is 0. The van der Waals surface area contributed by atoms with Gasteiger partial charge in [0.2, 0.25) is 0 Å². The monoisotopic (exact) mass is 263 g/mol. The lowest BCUT2D eigenvalue weighted by Crippen LogP contribution is -1.82. The molecule has 0 radical (unpaired) electrons. The van der Waals surface area contributed by atoms with Crippen LogP contribution in [-0.2, 0) is 0 Å². The van der Waals surface area contributed by atoms with Crippen LogP contribution in [0.2, 0.25) is 10.3 Å². The third-order valence-corrected chi connectivity index (χ3v) is 1.88. The summed E-state index contributed by atoms with van der Waals surface area (Å²) in [6, 6.07) is 3.40. The zero-order valence-corrected chi connectivity index (χ0v) is 9.04. The largest absolute Gasteiger partial charge is 0.223 e. The standard InChI is InChI=1S/C8H4BrCl2N/c9-5-1-2-6-3-4-7(10)12-8(6)11/h3-4H,5H2. The first-order valence-corrected chi connectivity index (χ1v) is 4.98. The maximum atomic E-state index is 5.75. The van der Waals surface area contributed by atoms with Gasteiger partial charge in [0, 0.05) is 0 Å². The van der Waals surface area contributed by atoms with Gasteiger partial charge in [-0.3, -0.25) is 0 Å². The fourth-order valence-electron chi connectivity index (χ4n) is 0.634. The molecule has 0 saturated heterocycles. The quantitative estimate of drug-likeness (QED) is 0.399. The molecule has 0 aromatic carbocycles. The average molecular weight is 265 g/mol. The Labute approximate surface area is 89.2 Å². The van der Waals surface area contributed by atoms with E-state index in [1.54, 1.807) is 12.1 Å². The van der Waals surface area contributed by atoms with Gasteiger partial charge in [-0.25, -0.2) is 4.98 Å². The topological polar surface area (TPSA) is 12.9 Å². The SMILES string of the molecule is Clc1ccc(C#CCBr)c(Cl)n1. The number of nitrogens with zero attached hydrogens (tertiary/aromatic N) is 1. The fourth-order valence-corrected chi connectivity index (χ4v) is 1.17. The Morgan fingerprint density at radius 2 is 2.17 bits per heavy atom. The van der Waals surface area contributed by atoms with E-state index in [0.29, 0.717) is 21.2 Å². The number of hydrogen-bond acceptors (Lipinski definition) is 1. The molecule has 0 spiro atoms. The zero-order chi connectivity index (χ0) is 8.97. The van der Waals surface area contributed by atoms with Crippen molar-refractivity contribution in [2.75, 3.05) is 5.33 Å². The molecule has 62 valence electrons. The van der Waals surface area contributed by atoms with E-state index < -0.39 is 0 Å². The van der Waals surface area contributed by atoms with Crippen LogP contribution >= 0.6 is 39.1 Å². The second kappa shape index (κ2) is 4.71. The highest BCUT2D eigenvalue weighted by molar-refractivity contribution is 9.09. The van der Waals surface area contributed by atoms with E-state index in [1.165, 1.54) is 0 Å². The summed E-state index contributed by atoms with van der Waals surface area (Å²) in [6.07, 6.45) is 0. The minimum Gasteiger partial charge on any atom is -0.223 e. The summed E-state index contributed by atoms with van der Waals surface area (Å²) >= 11 is 14.5. The smallest absolute Gasteiger partial charge is 0.146 e. The highest BCUT2D eigenvalue weighted by Crippen LogP contribution is 2.15. The van der Waals surface area contributed by atoms with Gasteiger partial charge in [-0.1, -0.05) is 51.0 Å². The van der Waals surface area contributed by atoms with E-state index in [1.807, 2.05) is 0 Å². The van der Waals surface area contributed by atoms with E-state index in [-0.39, 0.29) is 0 Å². The van der Waals surface area contributed by atoms with Gasteiger partial charge >= 0.3 is 0 Å². The molecule has 1 aromatic rings. The van der Waals surface area contributed by atoms with Crippen LogP contribution in [0.25, 0.3) is 0 Å². The van der Waals surface area contributed by atoms with Gasteiger partial charge in [0.15, 0.2) is 0 Å². The second-order valence-corrected chi connectivity index (χ2v) is 3.21. The lowest BCUT2D eigenvalue weighted by molar-refractivity contribution is 1.31. The maximum absolute atomic E-state index is 5.75. The van der Waals surface area contributed by atoms with Crippen molar-refractivity contribution in [1.82, 2.24) is 4.98 Å². The maximum Gasteiger partial charge on any atom is 0.146 e. The number of rotatable bonds is 0. The van der Waals surface area contributed by atoms with E-state index in [9.17, 15) is 0 Å². The molecule has 12 heavy (non-hydrogen) atoms. The molecule has 4 heteroatoms. The Morgan fingerprint density at radius 3 is 2.75 bits per heavy atom. The highest BCUT2D eigenvalue weighted by Gasteiger charge is 1.97. The number of halogens is 3. The van der Waals surface area contributed by atoms with Crippen LogP contribution in [0.5, 0.6) is 0 Å². The van der Waals surface area contributed by atoms with Crippen molar-refractivity contribution >= 4 is 39.1 Å². The van der Waals surface area contributed by atoms with Gasteiger partial charge < -0.3 is 0 Å². The van der Waals surface area contributed by atoms with Crippen molar-refractivity contribution < 1.29 is 0 Å². The number of alkyl halides is 1. The molecule has 0 bridgehead atoms. The Hall–Kier alpha value is -0.230. The molecular weight excluding hydrogens is 261 g/mol. The zero-order valence-electron chi connectivity index (χ0n) is 5.94. The molecule has 1 rings (SSSR count). The molecule has 0 amide bonds. The summed E-state index contributed by atoms with van der Waals surface area (Å²) in [5.74, 6) is 5.66. The lowest BCUT2D eigenvalue weighted by Gasteiger charge is -1.93. The summed E-state index contributed by atoms with van der Waals surface area (Å²) in [5, 5.41) is 1.34. The van der Waals surface area contributed by atoms with E-state index in [4.69, 9.17) is 23.2 Å². The van der Waals surface area contributed by atoms with Gasteiger partial charge in [-0.2, -0.15) is 0 Å². The molecule has 0 aliphatic carbocycles. The molecule has 1 nitrogen and oxygen atoms in total. The first-order chi connectivity index (χ1) is 5.74. The van der Waals surface area contributed by atoms with Gasteiger partial charge in [0.25, 0.3) is 0 Å². The number of aromatic nitrogens is 1. The van der Waals surface area contributed by atoms with Crippen molar-refractivity contribution in [2.24, 2.45) is 0 Å². The normalized spacial score (nSPS) is 8.92. The fraction of sp³-hybridized carbons (Fsp3) is 0.125. The average Bonchev–Trinajstić information content (AvgIpc) is 2.03. The van der Waals surface area contributed by atoms with Gasteiger partial charge in [0.1, 0.15) is 10.3 Å². The molecule has 0 fully saturated rings. The summed E-state index contributed by atoms with van der Waals surface area (Å²) in [6.45, 7) is 0. The van der Waals surface area contributed by atoms with Gasteiger partial charge in [-0.05, 0) is 12.1 Å². The molecule has 0 N–H and O–H groups in total. The van der Waals surface area contributed by atoms with Crippen molar-refractivity contribution in [3.8, 4) is 11.8 Å². The van der Waals surface area contributed by atoms with Crippen LogP contribution < -0.4 is 0 Å². The van der Waals surface area contributed by atoms with Crippen LogP contribution in [0, 0.1) is 11.8 Å². The highest BCUT2D eigenvalue weighted by atomic mass is 79.9. The third kappa shape index (κ3) is 2.67. The Bertz CT molecular complexity index is 341. The number of pyridine rings is 1. The lowest BCUT2D eigenvalue weighted by atomic mass is 10.3. The Balaban J connectivity index is 3.01. The molecule has 0 saturated carbocycles. The third-order valence-electron chi connectivity index (χ3n) is 1.10. The van der Waals surface area contributed by atoms with Gasteiger partial charge in [-0.15, -0.1) is 0 Å². The summed E-state index contributed by atoms with van der Waals surface area (Å²) in [7, 11) is 0. The summed E-state index contributed by atoms with van der Waals surface area (Å²) in [5.41, 5.74) is 0.695. The van der Waals surface area contributed by atoms with E-state index >= 15 is 0 Å². The van der Waals surface area contributed by atoms with Crippen molar-refractivity contribution in [3.63, 3.8) is 0 Å². The van der Waals surface area contributed by atoms with Crippen LogP contribution in [0.1, 0.15) is 5.56 Å². The van der Waals surface area contributed by atoms with E-state index in [0.717, 1.165) is 0 Å². The molecule has 0 aliphatic heterocycles. The second-order valence-electron chi connectivity index (χ2n) is 1.91. The minimum atomic E-state index is 0.343. The molecule has 1 heterocycles. The first kappa shape index (κ1) is 9.85. The Kier molecular flexibility index (Phi) is 3.87. The van der Waals surface area contributed by atoms with Crippen LogP contribution in [-0.4, -0.2) is 10.3 Å². The van der Waals surface area contributed by atoms with E-state index in [2.05, 4.69) is 32.8 Å². The van der Waals surface area contributed by atoms with Crippen LogP contribution in [0.4, 0.5) is 0 Å². The van der Waals surface area contributed by atoms with Crippen LogP contribution in [0.15, 0.2) is 12.1 Å². The van der Waals surface area contributed by atoms with Crippen LogP contribution in [0.3, 0.4) is 0 Å². The van der Waals surface area contributed by atoms with Crippen molar-refractivity contribution in [1.29, 1.82) is 0 Å². The van der Waals surface area contributed by atoms with Gasteiger partial charge in [0.05, 0.1) is 10.9 Å². The molecule has 0 aliphatic rings. The summed E-state index contributed by atoms with van der Waals surface area (Å²) in [4.78, 5) is 3.84. The molecular formula is C8H4BrCl2N. The number of hydrogen-bond donors (Lipinski definition) is 0. The molecule has 0 atom stereocenters. The predicted molar refractivity (Wildman–Crippen MR) is 54.9 cm³/mol. The van der Waals surface area contributed by atoms with Crippen molar-refractivity contribution in [3.05, 3.63) is 28.0 Å². The Morgan fingerprint density at radius 1 is 1.42 bits per heavy atom. The minimum absolute atomic E-state index is 0.343. The van der Waals surface area contributed by atoms with Crippen molar-refractivity contribution in [2.45, 2.75) is 0 Å².